The number of hydrogen-bond donors (Lipinski definition) is 4. The van der Waals surface area contributed by atoms with Crippen LogP contribution >= 0.6 is 23.2 Å². The molecule has 0 aliphatic heterocycles. The number of ether oxygens (including phenoxy) is 2. The number of carbonyl (C=O) groups is 2. The van der Waals surface area contributed by atoms with Gasteiger partial charge in [0.25, 0.3) is 11.8 Å². The molecule has 2 bridgehead atoms. The van der Waals surface area contributed by atoms with Crippen molar-refractivity contribution in [3.63, 3.8) is 0 Å². The Balaban J connectivity index is 1.28. The summed E-state index contributed by atoms with van der Waals surface area (Å²) in [6.07, 6.45) is 1.55. The van der Waals surface area contributed by atoms with Gasteiger partial charge >= 0.3 is 0 Å². The molecule has 3 aliphatic carbocycles. The fourth-order valence-corrected chi connectivity index (χ4v) is 5.23. The molecule has 0 unspecified atom stereocenters. The monoisotopic (exact) mass is 540 g/mol. The molecule has 8 nitrogen and oxygen atoms in total. The molecule has 5 rings (SSSR count). The Hall–Kier alpha value is -2.59. The van der Waals surface area contributed by atoms with Crippen LogP contribution in [0, 0.1) is 5.82 Å². The van der Waals surface area contributed by atoms with Gasteiger partial charge in [0.1, 0.15) is 17.3 Å². The first kappa shape index (κ1) is 26.5. The Morgan fingerprint density at radius 3 is 2.11 bits per heavy atom. The molecule has 2 amide bonds. The molecule has 2 aromatic rings. The second kappa shape index (κ2) is 10.8. The predicted molar refractivity (Wildman–Crippen MR) is 131 cm³/mol. The molecule has 3 saturated carbocycles. The van der Waals surface area contributed by atoms with Gasteiger partial charge in [-0.3, -0.25) is 9.59 Å². The Kier molecular flexibility index (Phi) is 7.94. The fraction of sp³-hybridized carbons (Fsp3) is 0.440. The third kappa shape index (κ3) is 5.86. The van der Waals surface area contributed by atoms with E-state index in [1.54, 1.807) is 18.2 Å². The Morgan fingerprint density at radius 1 is 0.944 bits per heavy atom. The average molecular weight is 541 g/mol. The Morgan fingerprint density at radius 2 is 1.53 bits per heavy atom. The van der Waals surface area contributed by atoms with E-state index in [-0.39, 0.29) is 42.9 Å². The lowest BCUT2D eigenvalue weighted by atomic mass is 9.60. The van der Waals surface area contributed by atoms with Crippen molar-refractivity contribution in [1.29, 1.82) is 0 Å². The van der Waals surface area contributed by atoms with E-state index in [1.165, 1.54) is 12.1 Å². The number of benzene rings is 2. The van der Waals surface area contributed by atoms with E-state index >= 15 is 0 Å². The quantitative estimate of drug-likeness (QED) is 0.388. The highest BCUT2D eigenvalue weighted by molar-refractivity contribution is 6.31. The summed E-state index contributed by atoms with van der Waals surface area (Å²) in [6, 6.07) is 8.68. The van der Waals surface area contributed by atoms with Crippen molar-refractivity contribution in [3.05, 3.63) is 57.8 Å². The zero-order valence-electron chi connectivity index (χ0n) is 19.4. The van der Waals surface area contributed by atoms with Crippen molar-refractivity contribution in [1.82, 2.24) is 10.6 Å². The van der Waals surface area contributed by atoms with Crippen LogP contribution in [0.5, 0.6) is 11.5 Å². The van der Waals surface area contributed by atoms with E-state index in [0.29, 0.717) is 42.0 Å². The minimum atomic E-state index is -0.860. The van der Waals surface area contributed by atoms with Crippen molar-refractivity contribution in [2.75, 3.05) is 13.2 Å². The first-order valence-electron chi connectivity index (χ1n) is 11.5. The second-order valence-corrected chi connectivity index (χ2v) is 10.1. The molecule has 0 saturated heterocycles. The lowest BCUT2D eigenvalue weighted by Gasteiger charge is -2.56. The Labute approximate surface area is 217 Å². The van der Waals surface area contributed by atoms with Gasteiger partial charge in [-0.05, 0) is 68.0 Å². The van der Waals surface area contributed by atoms with E-state index < -0.39 is 28.9 Å². The molecule has 0 radical (unpaired) electrons. The molecule has 194 valence electrons. The van der Waals surface area contributed by atoms with Crippen LogP contribution < -0.4 is 20.1 Å². The molecule has 3 fully saturated rings. The summed E-state index contributed by atoms with van der Waals surface area (Å²) in [7, 11) is 0. The summed E-state index contributed by atoms with van der Waals surface area (Å²) in [6.45, 7) is -0.806. The largest absolute Gasteiger partial charge is 0.484 e. The molecule has 0 heterocycles. The minimum Gasteiger partial charge on any atom is -0.484 e. The Bertz CT molecular complexity index is 1140. The zero-order valence-corrected chi connectivity index (χ0v) is 20.9. The minimum absolute atomic E-state index is 0.0406. The van der Waals surface area contributed by atoms with E-state index in [0.717, 1.165) is 6.07 Å². The average Bonchev–Trinajstić information content (AvgIpc) is 2.85. The first-order chi connectivity index (χ1) is 17.1. The highest BCUT2D eigenvalue weighted by atomic mass is 35.5. The molecule has 3 aliphatic rings. The number of halogens is 3. The predicted octanol–water partition coefficient (Wildman–Crippen LogP) is 3.13. The molecular weight excluding hydrogens is 514 g/mol. The normalized spacial score (nSPS) is 24.8. The van der Waals surface area contributed by atoms with Crippen molar-refractivity contribution >= 4 is 35.0 Å². The van der Waals surface area contributed by atoms with Crippen LogP contribution in [-0.2, 0) is 16.2 Å². The van der Waals surface area contributed by atoms with Gasteiger partial charge in [-0.2, -0.15) is 0 Å². The second-order valence-electron chi connectivity index (χ2n) is 9.32. The topological polar surface area (TPSA) is 117 Å². The highest BCUT2D eigenvalue weighted by Gasteiger charge is 2.55. The standard InChI is InChI=1S/C25H27Cl2FN2O6/c26-18-3-1-16(9-15(18)12-31)35-13-22(33)29-24-5-7-25(8-6-24,21(32)11-24)30-23(34)14-36-17-2-4-19(27)20(28)10-17/h1-4,9-10,21,31-32H,5-8,11-14H2,(H,29,33)(H,30,34)/t21-,24?,25?/m0/s1. The third-order valence-corrected chi connectivity index (χ3v) is 7.61. The first-order valence-corrected chi connectivity index (χ1v) is 12.3. The van der Waals surface area contributed by atoms with Gasteiger partial charge in [0.05, 0.1) is 23.3 Å². The van der Waals surface area contributed by atoms with Crippen molar-refractivity contribution in [2.24, 2.45) is 0 Å². The number of amides is 2. The molecular formula is C25H27Cl2FN2O6. The fourth-order valence-electron chi connectivity index (χ4n) is 4.93. The van der Waals surface area contributed by atoms with Gasteiger partial charge in [0.15, 0.2) is 13.2 Å². The van der Waals surface area contributed by atoms with Crippen LogP contribution in [0.3, 0.4) is 0 Å². The van der Waals surface area contributed by atoms with E-state index in [4.69, 9.17) is 32.7 Å². The van der Waals surface area contributed by atoms with Crippen LogP contribution in [0.1, 0.15) is 37.7 Å². The van der Waals surface area contributed by atoms with Crippen LogP contribution in [0.15, 0.2) is 36.4 Å². The number of nitrogens with one attached hydrogen (secondary N) is 2. The lowest BCUT2D eigenvalue weighted by molar-refractivity contribution is -0.137. The number of aliphatic hydroxyl groups is 2. The van der Waals surface area contributed by atoms with Crippen LogP contribution in [0.25, 0.3) is 0 Å². The van der Waals surface area contributed by atoms with Crippen LogP contribution in [0.2, 0.25) is 10.0 Å². The van der Waals surface area contributed by atoms with E-state index in [2.05, 4.69) is 10.6 Å². The maximum absolute atomic E-state index is 13.6. The maximum atomic E-state index is 13.6. The number of hydrogen-bond acceptors (Lipinski definition) is 6. The lowest BCUT2D eigenvalue weighted by Crippen LogP contribution is -2.70. The van der Waals surface area contributed by atoms with Gasteiger partial charge in [-0.25, -0.2) is 4.39 Å². The van der Waals surface area contributed by atoms with Gasteiger partial charge < -0.3 is 30.3 Å². The van der Waals surface area contributed by atoms with Gasteiger partial charge in [0, 0.05) is 16.6 Å². The number of aliphatic hydroxyl groups excluding tert-OH is 2. The molecule has 0 aromatic heterocycles. The molecule has 36 heavy (non-hydrogen) atoms. The third-order valence-electron chi connectivity index (χ3n) is 6.93. The molecule has 1 atom stereocenters. The maximum Gasteiger partial charge on any atom is 0.258 e. The number of carbonyl (C=O) groups excluding carboxylic acids is 2. The summed E-state index contributed by atoms with van der Waals surface area (Å²) < 4.78 is 24.5. The van der Waals surface area contributed by atoms with E-state index in [9.17, 15) is 24.2 Å². The van der Waals surface area contributed by atoms with Gasteiger partial charge in [-0.15, -0.1) is 0 Å². The summed E-state index contributed by atoms with van der Waals surface area (Å²) in [5, 5.41) is 26.5. The van der Waals surface area contributed by atoms with E-state index in [1.807, 2.05) is 0 Å². The molecule has 2 aromatic carbocycles. The van der Waals surface area contributed by atoms with Gasteiger partial charge in [0.2, 0.25) is 0 Å². The van der Waals surface area contributed by atoms with Crippen molar-refractivity contribution < 1.29 is 33.7 Å². The summed E-state index contributed by atoms with van der Waals surface area (Å²) in [5.41, 5.74) is -0.890. The highest BCUT2D eigenvalue weighted by Crippen LogP contribution is 2.47. The summed E-state index contributed by atoms with van der Waals surface area (Å²) in [4.78, 5) is 25.1. The SMILES string of the molecule is O=C(COc1ccc(Cl)c(CO)c1)NC12CCC(NC(=O)COc3ccc(Cl)c(F)c3)(CC1)[C@@H](O)C2. The number of fused-ring (bicyclic) bond motifs is 3. The summed E-state index contributed by atoms with van der Waals surface area (Å²) >= 11 is 11.6. The zero-order chi connectivity index (χ0) is 25.9. The van der Waals surface area contributed by atoms with Crippen LogP contribution in [0.4, 0.5) is 4.39 Å². The molecule has 4 N–H and O–H groups in total. The smallest absolute Gasteiger partial charge is 0.258 e. The van der Waals surface area contributed by atoms with Gasteiger partial charge in [-0.1, -0.05) is 23.2 Å². The number of rotatable bonds is 9. The van der Waals surface area contributed by atoms with Crippen LogP contribution in [-0.4, -0.2) is 52.4 Å². The molecule has 0 spiro atoms. The summed E-state index contributed by atoms with van der Waals surface area (Å²) in [5.74, 6) is -0.817. The van der Waals surface area contributed by atoms with Crippen molar-refractivity contribution in [2.45, 2.75) is 55.9 Å². The molecule has 11 heteroatoms. The van der Waals surface area contributed by atoms with Crippen molar-refractivity contribution in [3.8, 4) is 11.5 Å².